The number of halogens is 1. The summed E-state index contributed by atoms with van der Waals surface area (Å²) in [6, 6.07) is 7.45. The SMILES string of the molecule is CC(C)(C)OC(=O)NCC(CO)Cc1ccc(Cl)cc1. The summed E-state index contributed by atoms with van der Waals surface area (Å²) in [6.07, 6.45) is 0.204. The fraction of sp³-hybridized carbons (Fsp3) is 0.533. The lowest BCUT2D eigenvalue weighted by Crippen LogP contribution is -2.36. The quantitative estimate of drug-likeness (QED) is 0.878. The van der Waals surface area contributed by atoms with Gasteiger partial charge in [-0.05, 0) is 44.9 Å². The van der Waals surface area contributed by atoms with E-state index in [4.69, 9.17) is 16.3 Å². The molecule has 1 atom stereocenters. The summed E-state index contributed by atoms with van der Waals surface area (Å²) in [6.45, 7) is 5.80. The molecule has 0 spiro atoms. The molecule has 0 aliphatic heterocycles. The highest BCUT2D eigenvalue weighted by Gasteiger charge is 2.17. The summed E-state index contributed by atoms with van der Waals surface area (Å²) < 4.78 is 5.15. The molecule has 0 radical (unpaired) electrons. The molecule has 0 aliphatic carbocycles. The topological polar surface area (TPSA) is 58.6 Å². The molecular formula is C15H22ClNO3. The van der Waals surface area contributed by atoms with Crippen LogP contribution in [0.3, 0.4) is 0 Å². The number of rotatable bonds is 5. The van der Waals surface area contributed by atoms with E-state index in [1.807, 2.05) is 45.0 Å². The second-order valence-electron chi connectivity index (χ2n) is 5.76. The summed E-state index contributed by atoms with van der Waals surface area (Å²) in [5, 5.41) is 12.7. The Bertz CT molecular complexity index is 426. The van der Waals surface area contributed by atoms with Crippen molar-refractivity contribution in [1.82, 2.24) is 5.32 Å². The van der Waals surface area contributed by atoms with Crippen molar-refractivity contribution in [3.8, 4) is 0 Å². The second kappa shape index (κ2) is 7.50. The zero-order valence-electron chi connectivity index (χ0n) is 12.1. The molecule has 0 aromatic heterocycles. The largest absolute Gasteiger partial charge is 0.444 e. The maximum absolute atomic E-state index is 11.5. The number of nitrogens with one attached hydrogen (secondary N) is 1. The number of carbonyl (C=O) groups excluding carboxylic acids is 1. The van der Waals surface area contributed by atoms with Gasteiger partial charge in [-0.15, -0.1) is 0 Å². The lowest BCUT2D eigenvalue weighted by molar-refractivity contribution is 0.0512. The summed E-state index contributed by atoms with van der Waals surface area (Å²) in [5.74, 6) is -0.0521. The molecule has 0 bridgehead atoms. The van der Waals surface area contributed by atoms with Crippen LogP contribution in [0.5, 0.6) is 0 Å². The minimum Gasteiger partial charge on any atom is -0.444 e. The molecule has 4 nitrogen and oxygen atoms in total. The predicted octanol–water partition coefficient (Wildman–Crippen LogP) is 3.02. The molecule has 1 aromatic carbocycles. The average Bonchev–Trinajstić information content (AvgIpc) is 2.34. The van der Waals surface area contributed by atoms with Crippen molar-refractivity contribution in [3.05, 3.63) is 34.9 Å². The zero-order chi connectivity index (χ0) is 15.2. The molecule has 0 saturated carbocycles. The molecule has 0 heterocycles. The van der Waals surface area contributed by atoms with Gasteiger partial charge in [-0.2, -0.15) is 0 Å². The Morgan fingerprint density at radius 2 is 1.95 bits per heavy atom. The van der Waals surface area contributed by atoms with Crippen LogP contribution in [0.15, 0.2) is 24.3 Å². The van der Waals surface area contributed by atoms with E-state index in [1.165, 1.54) is 0 Å². The fourth-order valence-electron chi connectivity index (χ4n) is 1.70. The van der Waals surface area contributed by atoms with Crippen molar-refractivity contribution in [2.45, 2.75) is 32.8 Å². The maximum atomic E-state index is 11.5. The standard InChI is InChI=1S/C15H22ClNO3/c1-15(2,3)20-14(19)17-9-12(10-18)8-11-4-6-13(16)7-5-11/h4-7,12,18H,8-10H2,1-3H3,(H,17,19). The van der Waals surface area contributed by atoms with E-state index in [9.17, 15) is 9.90 Å². The lowest BCUT2D eigenvalue weighted by Gasteiger charge is -2.21. The maximum Gasteiger partial charge on any atom is 0.407 e. The van der Waals surface area contributed by atoms with Crippen molar-refractivity contribution in [3.63, 3.8) is 0 Å². The molecule has 20 heavy (non-hydrogen) atoms. The van der Waals surface area contributed by atoms with Crippen LogP contribution >= 0.6 is 11.6 Å². The number of ether oxygens (including phenoxy) is 1. The number of hydrogen-bond donors (Lipinski definition) is 2. The number of hydrogen-bond acceptors (Lipinski definition) is 3. The minimum absolute atomic E-state index is 0.00156. The Labute approximate surface area is 125 Å². The van der Waals surface area contributed by atoms with Crippen molar-refractivity contribution in [2.24, 2.45) is 5.92 Å². The van der Waals surface area contributed by atoms with E-state index >= 15 is 0 Å². The van der Waals surface area contributed by atoms with Crippen molar-refractivity contribution >= 4 is 17.7 Å². The first kappa shape index (κ1) is 16.8. The third-order valence-corrected chi connectivity index (χ3v) is 2.88. The first-order chi connectivity index (χ1) is 9.30. The highest BCUT2D eigenvalue weighted by atomic mass is 35.5. The minimum atomic E-state index is -0.519. The number of alkyl carbamates (subject to hydrolysis) is 1. The number of aliphatic hydroxyl groups excluding tert-OH is 1. The Kier molecular flexibility index (Phi) is 6.30. The highest BCUT2D eigenvalue weighted by Crippen LogP contribution is 2.13. The second-order valence-corrected chi connectivity index (χ2v) is 6.20. The van der Waals surface area contributed by atoms with Gasteiger partial charge in [0.1, 0.15) is 5.60 Å². The van der Waals surface area contributed by atoms with Gasteiger partial charge < -0.3 is 15.2 Å². The van der Waals surface area contributed by atoms with Crippen LogP contribution in [0, 0.1) is 5.92 Å². The first-order valence-corrected chi connectivity index (χ1v) is 7.00. The molecule has 2 N–H and O–H groups in total. The fourth-order valence-corrected chi connectivity index (χ4v) is 1.82. The zero-order valence-corrected chi connectivity index (χ0v) is 12.9. The average molecular weight is 300 g/mol. The molecule has 0 aliphatic rings. The third kappa shape index (κ3) is 6.78. The van der Waals surface area contributed by atoms with Crippen LogP contribution < -0.4 is 5.32 Å². The van der Waals surface area contributed by atoms with Crippen LogP contribution in [0.4, 0.5) is 4.79 Å². The summed E-state index contributed by atoms with van der Waals surface area (Å²) in [4.78, 5) is 11.5. The number of carbonyl (C=O) groups is 1. The van der Waals surface area contributed by atoms with Crippen LogP contribution in [0.1, 0.15) is 26.3 Å². The Morgan fingerprint density at radius 3 is 2.45 bits per heavy atom. The van der Waals surface area contributed by atoms with Gasteiger partial charge >= 0.3 is 6.09 Å². The van der Waals surface area contributed by atoms with Crippen molar-refractivity contribution in [1.29, 1.82) is 0 Å². The van der Waals surface area contributed by atoms with Gasteiger partial charge in [-0.25, -0.2) is 4.79 Å². The van der Waals surface area contributed by atoms with Crippen molar-refractivity contribution < 1.29 is 14.6 Å². The summed E-state index contributed by atoms with van der Waals surface area (Å²) >= 11 is 5.82. The van der Waals surface area contributed by atoms with E-state index < -0.39 is 11.7 Å². The van der Waals surface area contributed by atoms with Gasteiger partial charge in [0, 0.05) is 24.1 Å². The molecule has 0 saturated heterocycles. The van der Waals surface area contributed by atoms with Gasteiger partial charge in [0.2, 0.25) is 0 Å². The smallest absolute Gasteiger partial charge is 0.407 e. The van der Waals surface area contributed by atoms with E-state index in [2.05, 4.69) is 5.32 Å². The van der Waals surface area contributed by atoms with E-state index in [0.717, 1.165) is 5.56 Å². The van der Waals surface area contributed by atoms with E-state index in [1.54, 1.807) is 0 Å². The number of aliphatic hydroxyl groups is 1. The highest BCUT2D eigenvalue weighted by molar-refractivity contribution is 6.30. The molecule has 112 valence electrons. The molecule has 0 fully saturated rings. The van der Waals surface area contributed by atoms with Crippen LogP contribution in [-0.4, -0.2) is 30.0 Å². The van der Waals surface area contributed by atoms with Gasteiger partial charge in [0.25, 0.3) is 0 Å². The molecule has 1 rings (SSSR count). The van der Waals surface area contributed by atoms with E-state index in [0.29, 0.717) is 18.0 Å². The Morgan fingerprint density at radius 1 is 1.35 bits per heavy atom. The summed E-state index contributed by atoms with van der Waals surface area (Å²) in [5.41, 5.74) is 0.550. The molecule has 5 heteroatoms. The van der Waals surface area contributed by atoms with Crippen LogP contribution in [-0.2, 0) is 11.2 Å². The number of amides is 1. The Balaban J connectivity index is 2.43. The van der Waals surface area contributed by atoms with Gasteiger partial charge in [-0.3, -0.25) is 0 Å². The lowest BCUT2D eigenvalue weighted by atomic mass is 10.0. The predicted molar refractivity (Wildman–Crippen MR) is 80.0 cm³/mol. The van der Waals surface area contributed by atoms with Gasteiger partial charge in [0.05, 0.1) is 0 Å². The summed E-state index contributed by atoms with van der Waals surface area (Å²) in [7, 11) is 0. The normalized spacial score (nSPS) is 12.8. The molecule has 1 aromatic rings. The molecule has 1 unspecified atom stereocenters. The van der Waals surface area contributed by atoms with Gasteiger partial charge in [0.15, 0.2) is 0 Å². The van der Waals surface area contributed by atoms with E-state index in [-0.39, 0.29) is 12.5 Å². The molecular weight excluding hydrogens is 278 g/mol. The van der Waals surface area contributed by atoms with Crippen molar-refractivity contribution in [2.75, 3.05) is 13.2 Å². The Hall–Kier alpha value is -1.26. The van der Waals surface area contributed by atoms with Crippen LogP contribution in [0.25, 0.3) is 0 Å². The number of benzene rings is 1. The monoisotopic (exact) mass is 299 g/mol. The van der Waals surface area contributed by atoms with Gasteiger partial charge in [-0.1, -0.05) is 23.7 Å². The molecule has 1 amide bonds. The third-order valence-electron chi connectivity index (χ3n) is 2.63. The van der Waals surface area contributed by atoms with Crippen LogP contribution in [0.2, 0.25) is 5.02 Å². The first-order valence-electron chi connectivity index (χ1n) is 6.62.